The molecule has 8 heteroatoms. The fraction of sp³-hybridized carbons (Fsp3) is 0.529. The lowest BCUT2D eigenvalue weighted by Gasteiger charge is -2.54. The Labute approximate surface area is 146 Å². The summed E-state index contributed by atoms with van der Waals surface area (Å²) in [4.78, 5) is 24.0. The van der Waals surface area contributed by atoms with Crippen LogP contribution in [-0.2, 0) is 30.0 Å². The maximum Gasteiger partial charge on any atom is 0.566 e. The third-order valence-corrected chi connectivity index (χ3v) is 4.52. The van der Waals surface area contributed by atoms with Crippen molar-refractivity contribution in [3.8, 4) is 0 Å². The van der Waals surface area contributed by atoms with E-state index in [1.54, 1.807) is 0 Å². The summed E-state index contributed by atoms with van der Waals surface area (Å²) in [5.41, 5.74) is 1.42. The summed E-state index contributed by atoms with van der Waals surface area (Å²) in [5.74, 6) is -0.254. The first-order valence-corrected chi connectivity index (χ1v) is 8.50. The van der Waals surface area contributed by atoms with Crippen LogP contribution in [-0.4, -0.2) is 44.1 Å². The molecule has 3 aliphatic heterocycles. The minimum absolute atomic E-state index is 0.0105. The monoisotopic (exact) mass is 350 g/mol. The first-order chi connectivity index (χ1) is 11.9. The highest BCUT2D eigenvalue weighted by molar-refractivity contribution is 6.53. The van der Waals surface area contributed by atoms with Crippen molar-refractivity contribution in [2.24, 2.45) is 0 Å². The lowest BCUT2D eigenvalue weighted by atomic mass is 9.91. The molecule has 0 atom stereocenters. The van der Waals surface area contributed by atoms with Gasteiger partial charge in [-0.3, -0.25) is 9.59 Å². The zero-order valence-corrected chi connectivity index (χ0v) is 14.3. The van der Waals surface area contributed by atoms with E-state index in [0.29, 0.717) is 12.8 Å². The molecule has 25 heavy (non-hydrogen) atoms. The molecule has 1 aromatic rings. The van der Waals surface area contributed by atoms with Gasteiger partial charge < -0.3 is 23.6 Å². The number of ketones is 1. The van der Waals surface area contributed by atoms with Gasteiger partial charge in [-0.15, -0.1) is 0 Å². The average Bonchev–Trinajstić information content (AvgIpc) is 2.61. The van der Waals surface area contributed by atoms with Crippen molar-refractivity contribution in [3.63, 3.8) is 0 Å². The summed E-state index contributed by atoms with van der Waals surface area (Å²) in [5, 5.41) is 2.75. The smallest absolute Gasteiger partial charge is 0.513 e. The topological polar surface area (TPSA) is 73.9 Å². The molecule has 4 rings (SSSR count). The predicted molar refractivity (Wildman–Crippen MR) is 89.3 cm³/mol. The largest absolute Gasteiger partial charge is 0.566 e. The van der Waals surface area contributed by atoms with Crippen LogP contribution in [0.2, 0.25) is 0 Å². The molecule has 3 heterocycles. The Hall–Kier alpha value is -1.77. The second-order valence-corrected chi connectivity index (χ2v) is 6.84. The summed E-state index contributed by atoms with van der Waals surface area (Å²) in [6, 6.07) is 8.04. The number of hydrogen-bond acceptors (Lipinski definition) is 5. The van der Waals surface area contributed by atoms with Gasteiger partial charge in [-0.25, -0.2) is 0 Å². The maximum absolute atomic E-state index is 13.6. The fourth-order valence-electron chi connectivity index (χ4n) is 2.93. The molecule has 0 radical (unpaired) electrons. The van der Waals surface area contributed by atoms with Crippen LogP contribution < -0.4 is 5.32 Å². The molecule has 2 bridgehead atoms. The first kappa shape index (κ1) is 18.0. The molecule has 3 fully saturated rings. The van der Waals surface area contributed by atoms with E-state index >= 15 is 0 Å². The van der Waals surface area contributed by atoms with Gasteiger partial charge >= 0.3 is 7.03 Å². The normalized spacial score (nSPS) is 27.9. The standard InChI is InChI=1S/C17H22BFNO5/c1-13-2-4-14(5-3-13)6-7-15(21)8-9-16(22)20-17-10-23-18(19,24-11-17)25-12-17/h2-5H,6-12H2,1H3,(H,20,22)/q-1. The van der Waals surface area contributed by atoms with E-state index in [4.69, 9.17) is 14.0 Å². The third-order valence-electron chi connectivity index (χ3n) is 4.52. The lowest BCUT2D eigenvalue weighted by Crippen LogP contribution is -2.71. The number of benzene rings is 1. The van der Waals surface area contributed by atoms with E-state index in [0.717, 1.165) is 5.56 Å². The van der Waals surface area contributed by atoms with Crippen LogP contribution in [0.4, 0.5) is 4.32 Å². The van der Waals surface area contributed by atoms with E-state index in [9.17, 15) is 13.9 Å². The molecule has 3 saturated heterocycles. The molecule has 3 aliphatic rings. The summed E-state index contributed by atoms with van der Waals surface area (Å²) in [7, 11) is -3.14. The van der Waals surface area contributed by atoms with Crippen LogP contribution in [0.1, 0.15) is 30.4 Å². The number of rotatable bonds is 7. The van der Waals surface area contributed by atoms with Crippen LogP contribution in [0.25, 0.3) is 0 Å². The molecule has 0 spiro atoms. The van der Waals surface area contributed by atoms with Gasteiger partial charge in [0.1, 0.15) is 5.78 Å². The van der Waals surface area contributed by atoms with Crippen LogP contribution in [0.5, 0.6) is 0 Å². The average molecular weight is 350 g/mol. The number of aryl methyl sites for hydroxylation is 2. The zero-order chi connectivity index (χ0) is 17.9. The Balaban J connectivity index is 1.38. The van der Waals surface area contributed by atoms with Crippen LogP contribution in [0, 0.1) is 6.92 Å². The second-order valence-electron chi connectivity index (χ2n) is 6.84. The Bertz CT molecular complexity index is 626. The Morgan fingerprint density at radius 1 is 1.08 bits per heavy atom. The number of fused-ring (bicyclic) bond motifs is 3. The highest BCUT2D eigenvalue weighted by Crippen LogP contribution is 2.30. The third kappa shape index (κ3) is 4.65. The molecule has 0 aromatic heterocycles. The van der Waals surface area contributed by atoms with Crippen molar-refractivity contribution in [2.45, 2.75) is 38.1 Å². The molecule has 0 aliphatic carbocycles. The van der Waals surface area contributed by atoms with Gasteiger partial charge in [0, 0.05) is 39.1 Å². The van der Waals surface area contributed by atoms with Gasteiger partial charge in [0.25, 0.3) is 0 Å². The molecule has 6 nitrogen and oxygen atoms in total. The van der Waals surface area contributed by atoms with Crippen molar-refractivity contribution in [3.05, 3.63) is 35.4 Å². The summed E-state index contributed by atoms with van der Waals surface area (Å²) < 4.78 is 28.2. The molecule has 1 amide bonds. The number of Topliss-reactive ketones (excluding diaryl/α,β-unsaturated/α-hetero) is 1. The second kappa shape index (κ2) is 7.23. The molecular weight excluding hydrogens is 328 g/mol. The molecule has 1 N–H and O–H groups in total. The Morgan fingerprint density at radius 2 is 1.68 bits per heavy atom. The summed E-state index contributed by atoms with van der Waals surface area (Å²) >= 11 is 0. The maximum atomic E-state index is 13.6. The number of halogens is 1. The minimum Gasteiger partial charge on any atom is -0.513 e. The van der Waals surface area contributed by atoms with Crippen molar-refractivity contribution in [2.75, 3.05) is 19.8 Å². The molecule has 1 aromatic carbocycles. The number of amides is 1. The van der Waals surface area contributed by atoms with E-state index in [1.165, 1.54) is 5.56 Å². The SMILES string of the molecule is Cc1ccc(CCC(=O)CCC(=O)NC23CO[B-](F)(OC2)OC3)cc1. The molecule has 136 valence electrons. The molecular formula is C17H22BFNO5-. The fourth-order valence-corrected chi connectivity index (χ4v) is 2.93. The van der Waals surface area contributed by atoms with Crippen LogP contribution in [0.3, 0.4) is 0 Å². The quantitative estimate of drug-likeness (QED) is 0.757. The van der Waals surface area contributed by atoms with Crippen molar-refractivity contribution >= 4 is 18.7 Å². The van der Waals surface area contributed by atoms with Crippen molar-refractivity contribution in [1.29, 1.82) is 0 Å². The number of hydrogen-bond donors (Lipinski definition) is 1. The van der Waals surface area contributed by atoms with E-state index in [1.807, 2.05) is 31.2 Å². The van der Waals surface area contributed by atoms with Crippen LogP contribution >= 0.6 is 0 Å². The van der Waals surface area contributed by atoms with Gasteiger partial charge in [-0.1, -0.05) is 29.8 Å². The predicted octanol–water partition coefficient (Wildman–Crippen LogP) is 1.61. The van der Waals surface area contributed by atoms with E-state index in [2.05, 4.69) is 5.32 Å². The summed E-state index contributed by atoms with van der Waals surface area (Å²) in [6.45, 7) is 2.05. The minimum atomic E-state index is -3.14. The van der Waals surface area contributed by atoms with E-state index < -0.39 is 12.6 Å². The van der Waals surface area contributed by atoms with Gasteiger partial charge in [0.2, 0.25) is 5.91 Å². The summed E-state index contributed by atoms with van der Waals surface area (Å²) in [6.07, 6.45) is 1.33. The van der Waals surface area contributed by atoms with Gasteiger partial charge in [0.05, 0.1) is 5.54 Å². The van der Waals surface area contributed by atoms with Crippen LogP contribution in [0.15, 0.2) is 24.3 Å². The van der Waals surface area contributed by atoms with Gasteiger partial charge in [-0.2, -0.15) is 0 Å². The Morgan fingerprint density at radius 3 is 2.28 bits per heavy atom. The molecule has 0 saturated carbocycles. The highest BCUT2D eigenvalue weighted by Gasteiger charge is 2.50. The van der Waals surface area contributed by atoms with Gasteiger partial charge in [0.15, 0.2) is 0 Å². The Kier molecular flexibility index (Phi) is 5.22. The van der Waals surface area contributed by atoms with E-state index in [-0.39, 0.29) is 44.4 Å². The number of nitrogens with one attached hydrogen (secondary N) is 1. The first-order valence-electron chi connectivity index (χ1n) is 8.50. The highest BCUT2D eigenvalue weighted by atomic mass is 19.1. The lowest BCUT2D eigenvalue weighted by molar-refractivity contribution is -0.146. The number of carbonyl (C=O) groups excluding carboxylic acids is 2. The number of carbonyl (C=O) groups is 2. The van der Waals surface area contributed by atoms with Crippen molar-refractivity contribution < 1.29 is 27.9 Å². The van der Waals surface area contributed by atoms with Gasteiger partial charge in [-0.05, 0) is 18.9 Å². The molecule has 0 unspecified atom stereocenters. The van der Waals surface area contributed by atoms with Crippen molar-refractivity contribution in [1.82, 2.24) is 5.32 Å². The zero-order valence-electron chi connectivity index (χ0n) is 14.3.